The summed E-state index contributed by atoms with van der Waals surface area (Å²) >= 11 is 0. The summed E-state index contributed by atoms with van der Waals surface area (Å²) in [5.74, 6) is 0.0381. The van der Waals surface area contributed by atoms with Crippen LogP contribution < -0.4 is 10.6 Å². The van der Waals surface area contributed by atoms with Gasteiger partial charge in [0, 0.05) is 31.9 Å². The van der Waals surface area contributed by atoms with E-state index in [9.17, 15) is 4.79 Å². The highest BCUT2D eigenvalue weighted by atomic mass is 16.1. The molecule has 0 spiro atoms. The second kappa shape index (κ2) is 8.88. The first-order chi connectivity index (χ1) is 10.3. The first-order valence-corrected chi connectivity index (χ1v) is 8.48. The molecule has 1 aliphatic carbocycles. The maximum Gasteiger partial charge on any atom is 0.267 e. The van der Waals surface area contributed by atoms with Gasteiger partial charge >= 0.3 is 0 Å². The smallest absolute Gasteiger partial charge is 0.267 e. The topological polar surface area (TPSA) is 46.1 Å². The molecule has 0 radical (unpaired) electrons. The number of carbonyl (C=O) groups excluding carboxylic acids is 1. The van der Waals surface area contributed by atoms with Crippen molar-refractivity contribution < 1.29 is 4.79 Å². The highest BCUT2D eigenvalue weighted by Crippen LogP contribution is 2.16. The van der Waals surface area contributed by atoms with Crippen LogP contribution in [0.1, 0.15) is 62.4 Å². The average Bonchev–Trinajstić information content (AvgIpc) is 2.79. The standard InChI is InChI=1S/C17H29N3O/c1-2-13-20-14-7-10-16(20)17(21)19-12-11-18-15-8-5-3-4-6-9-15/h7,10,14-15,18H,2-6,8-9,11-13H2,1H3,(H,19,21). The largest absolute Gasteiger partial charge is 0.349 e. The molecule has 0 saturated heterocycles. The molecule has 1 amide bonds. The molecule has 0 unspecified atom stereocenters. The summed E-state index contributed by atoms with van der Waals surface area (Å²) in [6, 6.07) is 4.48. The van der Waals surface area contributed by atoms with Crippen molar-refractivity contribution in [1.29, 1.82) is 0 Å². The van der Waals surface area contributed by atoms with Gasteiger partial charge in [0.15, 0.2) is 0 Å². The molecule has 1 saturated carbocycles. The van der Waals surface area contributed by atoms with Crippen molar-refractivity contribution in [2.24, 2.45) is 0 Å². The number of hydrogen-bond acceptors (Lipinski definition) is 2. The van der Waals surface area contributed by atoms with Gasteiger partial charge in [-0.3, -0.25) is 4.79 Å². The zero-order valence-electron chi connectivity index (χ0n) is 13.2. The Bertz CT molecular complexity index is 419. The number of carbonyl (C=O) groups is 1. The number of nitrogens with zero attached hydrogens (tertiary/aromatic N) is 1. The molecule has 4 nitrogen and oxygen atoms in total. The fourth-order valence-electron chi connectivity index (χ4n) is 3.08. The van der Waals surface area contributed by atoms with Gasteiger partial charge in [0.25, 0.3) is 5.91 Å². The fourth-order valence-corrected chi connectivity index (χ4v) is 3.08. The number of aromatic nitrogens is 1. The van der Waals surface area contributed by atoms with Crippen molar-refractivity contribution in [3.05, 3.63) is 24.0 Å². The zero-order chi connectivity index (χ0) is 14.9. The van der Waals surface area contributed by atoms with E-state index in [1.807, 2.05) is 22.9 Å². The maximum absolute atomic E-state index is 12.1. The maximum atomic E-state index is 12.1. The van der Waals surface area contributed by atoms with Gasteiger partial charge in [-0.05, 0) is 31.4 Å². The Morgan fingerprint density at radius 1 is 1.24 bits per heavy atom. The van der Waals surface area contributed by atoms with Gasteiger partial charge in [-0.15, -0.1) is 0 Å². The Hall–Kier alpha value is -1.29. The van der Waals surface area contributed by atoms with Crippen molar-refractivity contribution in [2.45, 2.75) is 64.5 Å². The predicted octanol–water partition coefficient (Wildman–Crippen LogP) is 2.94. The molecule has 2 rings (SSSR count). The van der Waals surface area contributed by atoms with Crippen LogP contribution in [0.2, 0.25) is 0 Å². The van der Waals surface area contributed by atoms with Crippen LogP contribution in [0.3, 0.4) is 0 Å². The highest BCUT2D eigenvalue weighted by molar-refractivity contribution is 5.92. The van der Waals surface area contributed by atoms with Crippen LogP contribution in [0.5, 0.6) is 0 Å². The number of nitrogens with one attached hydrogen (secondary N) is 2. The fraction of sp³-hybridized carbons (Fsp3) is 0.706. The molecule has 118 valence electrons. The van der Waals surface area contributed by atoms with Crippen molar-refractivity contribution in [1.82, 2.24) is 15.2 Å². The van der Waals surface area contributed by atoms with Gasteiger partial charge in [0.2, 0.25) is 0 Å². The van der Waals surface area contributed by atoms with Gasteiger partial charge in [0.1, 0.15) is 5.69 Å². The quantitative estimate of drug-likeness (QED) is 0.599. The third-order valence-corrected chi connectivity index (χ3v) is 4.23. The molecule has 0 aromatic carbocycles. The van der Waals surface area contributed by atoms with Crippen molar-refractivity contribution in [3.63, 3.8) is 0 Å². The van der Waals surface area contributed by atoms with Gasteiger partial charge in [-0.25, -0.2) is 0 Å². The van der Waals surface area contributed by atoms with Crippen LogP contribution in [0, 0.1) is 0 Å². The van der Waals surface area contributed by atoms with Crippen LogP contribution in [0.25, 0.3) is 0 Å². The second-order valence-electron chi connectivity index (χ2n) is 5.99. The number of aryl methyl sites for hydroxylation is 1. The van der Waals surface area contributed by atoms with Gasteiger partial charge in [-0.1, -0.05) is 32.6 Å². The Labute approximate surface area is 128 Å². The SMILES string of the molecule is CCCn1cccc1C(=O)NCCNC1CCCCCC1. The van der Waals surface area contributed by atoms with Gasteiger partial charge in [0.05, 0.1) is 0 Å². The van der Waals surface area contributed by atoms with Gasteiger partial charge in [-0.2, -0.15) is 0 Å². The minimum absolute atomic E-state index is 0.0381. The molecule has 1 fully saturated rings. The first-order valence-electron chi connectivity index (χ1n) is 8.48. The molecule has 1 aliphatic rings. The van der Waals surface area contributed by atoms with E-state index in [2.05, 4.69) is 17.6 Å². The third-order valence-electron chi connectivity index (χ3n) is 4.23. The Kier molecular flexibility index (Phi) is 6.80. The zero-order valence-corrected chi connectivity index (χ0v) is 13.2. The lowest BCUT2D eigenvalue weighted by Crippen LogP contribution is -2.37. The predicted molar refractivity (Wildman–Crippen MR) is 86.5 cm³/mol. The molecule has 4 heteroatoms. The van der Waals surface area contributed by atoms with E-state index in [1.165, 1.54) is 38.5 Å². The Morgan fingerprint density at radius 3 is 2.71 bits per heavy atom. The third kappa shape index (κ3) is 5.20. The van der Waals surface area contributed by atoms with E-state index in [-0.39, 0.29) is 5.91 Å². The number of hydrogen-bond donors (Lipinski definition) is 2. The summed E-state index contributed by atoms with van der Waals surface area (Å²) in [5.41, 5.74) is 0.770. The van der Waals surface area contributed by atoms with Crippen molar-refractivity contribution >= 4 is 5.91 Å². The molecule has 2 N–H and O–H groups in total. The molecule has 1 heterocycles. The Morgan fingerprint density at radius 2 is 2.00 bits per heavy atom. The molecule has 1 aromatic heterocycles. The minimum Gasteiger partial charge on any atom is -0.349 e. The van der Waals surface area contributed by atoms with Crippen LogP contribution in [0.4, 0.5) is 0 Å². The van der Waals surface area contributed by atoms with E-state index in [4.69, 9.17) is 0 Å². The first kappa shape index (κ1) is 16.1. The summed E-state index contributed by atoms with van der Waals surface area (Å²) in [5, 5.41) is 6.60. The number of amides is 1. The molecule has 1 aromatic rings. The van der Waals surface area contributed by atoms with Gasteiger partial charge < -0.3 is 15.2 Å². The second-order valence-corrected chi connectivity index (χ2v) is 5.99. The van der Waals surface area contributed by atoms with E-state index >= 15 is 0 Å². The van der Waals surface area contributed by atoms with E-state index in [0.717, 1.165) is 25.2 Å². The van der Waals surface area contributed by atoms with Crippen LogP contribution >= 0.6 is 0 Å². The average molecular weight is 291 g/mol. The highest BCUT2D eigenvalue weighted by Gasteiger charge is 2.12. The lowest BCUT2D eigenvalue weighted by Gasteiger charge is -2.16. The summed E-state index contributed by atoms with van der Waals surface area (Å²) in [7, 11) is 0. The summed E-state index contributed by atoms with van der Waals surface area (Å²) in [4.78, 5) is 12.1. The van der Waals surface area contributed by atoms with Crippen LogP contribution in [-0.4, -0.2) is 29.6 Å². The van der Waals surface area contributed by atoms with Crippen LogP contribution in [-0.2, 0) is 6.54 Å². The monoisotopic (exact) mass is 291 g/mol. The number of rotatable bonds is 7. The summed E-state index contributed by atoms with van der Waals surface area (Å²) < 4.78 is 2.02. The molecule has 21 heavy (non-hydrogen) atoms. The van der Waals surface area contributed by atoms with E-state index in [1.54, 1.807) is 0 Å². The van der Waals surface area contributed by atoms with Crippen LogP contribution in [0.15, 0.2) is 18.3 Å². The normalized spacial score (nSPS) is 16.6. The molecular formula is C17H29N3O. The van der Waals surface area contributed by atoms with E-state index < -0.39 is 0 Å². The van der Waals surface area contributed by atoms with Crippen molar-refractivity contribution in [2.75, 3.05) is 13.1 Å². The molecular weight excluding hydrogens is 262 g/mol. The lowest BCUT2D eigenvalue weighted by molar-refractivity contribution is 0.0944. The summed E-state index contributed by atoms with van der Waals surface area (Å²) in [6.45, 7) is 4.59. The lowest BCUT2D eigenvalue weighted by atomic mass is 10.1. The molecule has 0 aliphatic heterocycles. The molecule has 0 bridgehead atoms. The Balaban J connectivity index is 1.67. The summed E-state index contributed by atoms with van der Waals surface area (Å²) in [6.07, 6.45) is 11.0. The van der Waals surface area contributed by atoms with Crippen molar-refractivity contribution in [3.8, 4) is 0 Å². The van der Waals surface area contributed by atoms with E-state index in [0.29, 0.717) is 12.6 Å². The minimum atomic E-state index is 0.0381. The molecule has 0 atom stereocenters.